The third kappa shape index (κ3) is 5.39. The average molecular weight is 476 g/mol. The predicted octanol–water partition coefficient (Wildman–Crippen LogP) is 1.60. The van der Waals surface area contributed by atoms with Crippen LogP contribution in [0, 0.1) is 10.1 Å². The van der Waals surface area contributed by atoms with Crippen molar-refractivity contribution in [2.45, 2.75) is 19.8 Å². The zero-order valence-electron chi connectivity index (χ0n) is 19.3. The van der Waals surface area contributed by atoms with E-state index in [1.807, 2.05) is 0 Å². The first-order chi connectivity index (χ1) is 16.1. The smallest absolute Gasteiger partial charge is 0.336 e. The molecule has 0 unspecified atom stereocenters. The van der Waals surface area contributed by atoms with E-state index in [0.29, 0.717) is 0 Å². The van der Waals surface area contributed by atoms with Gasteiger partial charge in [-0.25, -0.2) is 9.59 Å². The molecule has 0 aliphatic carbocycles. The van der Waals surface area contributed by atoms with Gasteiger partial charge in [0.2, 0.25) is 0 Å². The molecule has 12 heteroatoms. The monoisotopic (exact) mass is 476 g/mol. The van der Waals surface area contributed by atoms with E-state index in [9.17, 15) is 29.3 Å². The number of esters is 4. The van der Waals surface area contributed by atoms with Crippen LogP contribution >= 0.6 is 0 Å². The van der Waals surface area contributed by atoms with E-state index in [4.69, 9.17) is 18.9 Å². The van der Waals surface area contributed by atoms with Crippen molar-refractivity contribution in [3.8, 4) is 0 Å². The Morgan fingerprint density at radius 3 is 2.18 bits per heavy atom. The summed E-state index contributed by atoms with van der Waals surface area (Å²) in [4.78, 5) is 61.7. The number of carbonyl (C=O) groups excluding carboxylic acids is 4. The number of non-ortho nitro benzene ring substituents is 1. The molecular weight excluding hydrogens is 452 g/mol. The number of hydrogen-bond acceptors (Lipinski definition) is 11. The van der Waals surface area contributed by atoms with Crippen LogP contribution in [0.15, 0.2) is 46.8 Å². The Bertz CT molecular complexity index is 1090. The van der Waals surface area contributed by atoms with Crippen LogP contribution in [0.25, 0.3) is 0 Å². The highest BCUT2D eigenvalue weighted by atomic mass is 16.6. The molecular formula is C22H24N2O10. The van der Waals surface area contributed by atoms with Gasteiger partial charge in [0.1, 0.15) is 13.2 Å². The lowest BCUT2D eigenvalue weighted by Gasteiger charge is -2.37. The molecule has 1 aromatic rings. The third-order valence-electron chi connectivity index (χ3n) is 5.16. The first-order valence-electron chi connectivity index (χ1n) is 9.89. The third-order valence-corrected chi connectivity index (χ3v) is 5.16. The van der Waals surface area contributed by atoms with Crippen molar-refractivity contribution in [2.24, 2.45) is 0 Å². The summed E-state index contributed by atoms with van der Waals surface area (Å²) in [5.41, 5.74) is -0.0230. The predicted molar refractivity (Wildman–Crippen MR) is 115 cm³/mol. The number of rotatable bonds is 8. The van der Waals surface area contributed by atoms with Crippen molar-refractivity contribution in [2.75, 3.05) is 34.5 Å². The summed E-state index contributed by atoms with van der Waals surface area (Å²) >= 11 is 0. The topological polar surface area (TPSA) is 152 Å². The van der Waals surface area contributed by atoms with E-state index in [1.165, 1.54) is 36.1 Å². The number of methoxy groups -OCH3 is 3. The number of nitro benzene ring substituents is 1. The van der Waals surface area contributed by atoms with Gasteiger partial charge in [-0.05, 0) is 12.5 Å². The number of hydrogen-bond donors (Lipinski definition) is 0. The SMILES string of the molecule is COC(=O)CN1C(C)=C(C(=O)OC)[C@H](c2cccc([N+](=O)[O-])c2)C(C(=O)OC)=C1COC(C)=O. The van der Waals surface area contributed by atoms with Crippen LogP contribution in [0.5, 0.6) is 0 Å². The molecule has 34 heavy (non-hydrogen) atoms. The molecule has 1 aromatic carbocycles. The van der Waals surface area contributed by atoms with Gasteiger partial charge in [-0.2, -0.15) is 0 Å². The summed E-state index contributed by atoms with van der Waals surface area (Å²) < 4.78 is 19.7. The lowest BCUT2D eigenvalue weighted by atomic mass is 9.79. The Kier molecular flexibility index (Phi) is 8.48. The summed E-state index contributed by atoms with van der Waals surface area (Å²) in [7, 11) is 3.40. The van der Waals surface area contributed by atoms with Crippen molar-refractivity contribution in [3.05, 3.63) is 62.5 Å². The molecule has 1 atom stereocenters. The van der Waals surface area contributed by atoms with Crippen LogP contribution in [0.1, 0.15) is 25.3 Å². The number of nitro groups is 1. The van der Waals surface area contributed by atoms with E-state index < -0.39 is 47.9 Å². The summed E-state index contributed by atoms with van der Waals surface area (Å²) in [6.45, 7) is 1.78. The van der Waals surface area contributed by atoms with Gasteiger partial charge < -0.3 is 23.8 Å². The number of carbonyl (C=O) groups is 4. The molecule has 2 rings (SSSR count). The maximum absolute atomic E-state index is 13.0. The molecule has 0 aromatic heterocycles. The van der Waals surface area contributed by atoms with E-state index in [2.05, 4.69) is 0 Å². The minimum Gasteiger partial charge on any atom is -0.468 e. The molecule has 0 amide bonds. The highest BCUT2D eigenvalue weighted by Crippen LogP contribution is 2.43. The first kappa shape index (κ1) is 26.0. The van der Waals surface area contributed by atoms with Crippen molar-refractivity contribution in [3.63, 3.8) is 0 Å². The quantitative estimate of drug-likeness (QED) is 0.233. The van der Waals surface area contributed by atoms with E-state index >= 15 is 0 Å². The van der Waals surface area contributed by atoms with Gasteiger partial charge in [-0.3, -0.25) is 19.7 Å². The van der Waals surface area contributed by atoms with Crippen molar-refractivity contribution in [1.29, 1.82) is 0 Å². The highest BCUT2D eigenvalue weighted by Gasteiger charge is 2.42. The second kappa shape index (κ2) is 11.1. The normalized spacial score (nSPS) is 15.6. The number of nitrogens with zero attached hydrogens (tertiary/aromatic N) is 2. The Labute approximate surface area is 194 Å². The zero-order valence-corrected chi connectivity index (χ0v) is 19.3. The molecule has 0 radical (unpaired) electrons. The average Bonchev–Trinajstić information content (AvgIpc) is 2.82. The molecule has 1 heterocycles. The fourth-order valence-corrected chi connectivity index (χ4v) is 3.62. The summed E-state index contributed by atoms with van der Waals surface area (Å²) in [6, 6.07) is 5.37. The van der Waals surface area contributed by atoms with Gasteiger partial charge in [0.15, 0.2) is 0 Å². The molecule has 12 nitrogen and oxygen atoms in total. The summed E-state index contributed by atoms with van der Waals surface area (Å²) in [5, 5.41) is 11.4. The van der Waals surface area contributed by atoms with Crippen LogP contribution in [0.2, 0.25) is 0 Å². The fourth-order valence-electron chi connectivity index (χ4n) is 3.62. The number of benzene rings is 1. The molecule has 0 fully saturated rings. The largest absolute Gasteiger partial charge is 0.468 e. The van der Waals surface area contributed by atoms with Crippen LogP contribution in [0.3, 0.4) is 0 Å². The van der Waals surface area contributed by atoms with Crippen molar-refractivity contribution in [1.82, 2.24) is 4.90 Å². The second-order valence-corrected chi connectivity index (χ2v) is 7.07. The Balaban J connectivity index is 2.92. The van der Waals surface area contributed by atoms with Crippen LogP contribution in [-0.4, -0.2) is 68.2 Å². The van der Waals surface area contributed by atoms with Crippen molar-refractivity contribution >= 4 is 29.6 Å². The Hall–Kier alpha value is -4.22. The second-order valence-electron chi connectivity index (χ2n) is 7.07. The lowest BCUT2D eigenvalue weighted by Crippen LogP contribution is -2.40. The molecule has 0 spiro atoms. The minimum atomic E-state index is -1.18. The van der Waals surface area contributed by atoms with Gasteiger partial charge in [-0.1, -0.05) is 12.1 Å². The Morgan fingerprint density at radius 2 is 1.65 bits per heavy atom. The van der Waals surface area contributed by atoms with Crippen molar-refractivity contribution < 1.29 is 43.0 Å². The molecule has 0 bridgehead atoms. The van der Waals surface area contributed by atoms with Crippen LogP contribution in [0.4, 0.5) is 5.69 Å². The number of ether oxygens (including phenoxy) is 4. The number of allylic oxidation sites excluding steroid dienone is 1. The highest BCUT2D eigenvalue weighted by molar-refractivity contribution is 6.00. The lowest BCUT2D eigenvalue weighted by molar-refractivity contribution is -0.384. The maximum atomic E-state index is 13.0. The van der Waals surface area contributed by atoms with Gasteiger partial charge in [-0.15, -0.1) is 0 Å². The van der Waals surface area contributed by atoms with Gasteiger partial charge >= 0.3 is 23.9 Å². The minimum absolute atomic E-state index is 0.0501. The zero-order chi connectivity index (χ0) is 25.6. The standard InChI is InChI=1S/C22H24N2O10/c1-12-18(21(27)32-4)19(14-7-6-8-15(9-14)24(29)30)20(22(28)33-5)16(11-34-13(2)25)23(12)10-17(26)31-3/h6-9,19H,10-11H2,1-5H3/t19-/m0/s1. The Morgan fingerprint density at radius 1 is 1.03 bits per heavy atom. The van der Waals surface area contributed by atoms with Gasteiger partial charge in [0, 0.05) is 24.8 Å². The molecule has 0 saturated carbocycles. The van der Waals surface area contributed by atoms with E-state index in [0.717, 1.165) is 28.3 Å². The van der Waals surface area contributed by atoms with E-state index in [1.54, 1.807) is 0 Å². The molecule has 0 N–H and O–H groups in total. The first-order valence-corrected chi connectivity index (χ1v) is 9.89. The summed E-state index contributed by atoms with van der Waals surface area (Å²) in [6.07, 6.45) is 0. The fraction of sp³-hybridized carbons (Fsp3) is 0.364. The molecule has 0 saturated heterocycles. The molecule has 182 valence electrons. The molecule has 1 aliphatic rings. The van der Waals surface area contributed by atoms with Crippen LogP contribution in [-0.2, 0) is 38.1 Å². The van der Waals surface area contributed by atoms with Gasteiger partial charge in [0.25, 0.3) is 5.69 Å². The van der Waals surface area contributed by atoms with Gasteiger partial charge in [0.05, 0.1) is 49.0 Å². The maximum Gasteiger partial charge on any atom is 0.336 e. The van der Waals surface area contributed by atoms with E-state index in [-0.39, 0.29) is 33.8 Å². The van der Waals surface area contributed by atoms with Crippen LogP contribution < -0.4 is 0 Å². The summed E-state index contributed by atoms with van der Waals surface area (Å²) in [5.74, 6) is -4.29. The molecule has 1 aliphatic heterocycles.